The van der Waals surface area contributed by atoms with Crippen LogP contribution in [0, 0.1) is 17.8 Å². The Morgan fingerprint density at radius 2 is 2.00 bits per heavy atom. The van der Waals surface area contributed by atoms with Crippen molar-refractivity contribution in [3.05, 3.63) is 23.8 Å². The topological polar surface area (TPSA) is 43.7 Å². The molecule has 0 aliphatic heterocycles. The lowest BCUT2D eigenvalue weighted by Gasteiger charge is -2.19. The summed E-state index contributed by atoms with van der Waals surface area (Å²) in [6.07, 6.45) is 17.4. The van der Waals surface area contributed by atoms with E-state index in [4.69, 9.17) is 0 Å². The fraction of sp³-hybridized carbons (Fsp3) is 0.826. The minimum Gasteiger partial charge on any atom is -0.392 e. The summed E-state index contributed by atoms with van der Waals surface area (Å²) in [5.74, 6) is 1.33. The second-order valence-electron chi connectivity index (χ2n) is 8.80. The van der Waals surface area contributed by atoms with Crippen molar-refractivity contribution in [1.29, 1.82) is 0 Å². The molecule has 0 aromatic rings. The van der Waals surface area contributed by atoms with Crippen molar-refractivity contribution in [2.24, 2.45) is 17.8 Å². The number of hydrogen-bond donors (Lipinski definition) is 2. The molecule has 0 heterocycles. The van der Waals surface area contributed by atoms with Crippen LogP contribution in [0.25, 0.3) is 0 Å². The van der Waals surface area contributed by atoms with E-state index in [1.54, 1.807) is 5.57 Å². The van der Waals surface area contributed by atoms with Crippen molar-refractivity contribution in [2.75, 3.05) is 20.6 Å². The van der Waals surface area contributed by atoms with Gasteiger partial charge in [-0.2, -0.15) is 0 Å². The largest absolute Gasteiger partial charge is 0.392 e. The van der Waals surface area contributed by atoms with Crippen LogP contribution in [0.2, 0.25) is 0 Å². The van der Waals surface area contributed by atoms with Crippen molar-refractivity contribution in [3.63, 3.8) is 0 Å². The Morgan fingerprint density at radius 3 is 2.73 bits per heavy atom. The van der Waals surface area contributed by atoms with Gasteiger partial charge >= 0.3 is 0 Å². The summed E-state index contributed by atoms with van der Waals surface area (Å²) < 4.78 is 0. The third-order valence-corrected chi connectivity index (χ3v) is 6.21. The molecule has 0 bridgehead atoms. The quantitative estimate of drug-likeness (QED) is 0.395. The van der Waals surface area contributed by atoms with Crippen molar-refractivity contribution in [2.45, 2.75) is 83.3 Å². The van der Waals surface area contributed by atoms with Crippen LogP contribution in [0.3, 0.4) is 0 Å². The lowest BCUT2D eigenvalue weighted by molar-refractivity contribution is 0.139. The van der Waals surface area contributed by atoms with Crippen LogP contribution in [-0.2, 0) is 0 Å². The summed E-state index contributed by atoms with van der Waals surface area (Å²) in [6.45, 7) is 3.37. The Morgan fingerprint density at radius 1 is 1.19 bits per heavy atom. The Balaban J connectivity index is 1.74. The van der Waals surface area contributed by atoms with Gasteiger partial charge in [0.1, 0.15) is 0 Å². The molecule has 5 atom stereocenters. The highest BCUT2D eigenvalue weighted by Crippen LogP contribution is 2.48. The summed E-state index contributed by atoms with van der Waals surface area (Å²) in [6, 6.07) is 0. The molecular formula is C23H41NO2. The van der Waals surface area contributed by atoms with Crippen LogP contribution >= 0.6 is 0 Å². The van der Waals surface area contributed by atoms with E-state index in [0.29, 0.717) is 11.8 Å². The molecule has 2 rings (SSSR count). The standard InChI is InChI=1S/C23H41NO2/c1-4-5-7-11-20(25)12-13-21-22-16-18(15-19(22)17-23(21)26)10-8-6-9-14-24(2)3/h12-13,15,19-23,25-26H,4-11,14,16-17H2,1-3H3/b13-12+/t19-,20+,21+,22-,23+/m0/s1. The summed E-state index contributed by atoms with van der Waals surface area (Å²) >= 11 is 0. The van der Waals surface area contributed by atoms with E-state index < -0.39 is 0 Å². The van der Waals surface area contributed by atoms with Crippen LogP contribution in [0.4, 0.5) is 0 Å². The minimum absolute atomic E-state index is 0.225. The molecule has 3 nitrogen and oxygen atoms in total. The number of aliphatic hydroxyl groups excluding tert-OH is 2. The van der Waals surface area contributed by atoms with Crippen molar-refractivity contribution in [1.82, 2.24) is 4.90 Å². The lowest BCUT2D eigenvalue weighted by Crippen LogP contribution is -2.18. The molecule has 2 aliphatic rings. The normalized spacial score (nSPS) is 29.5. The molecule has 1 saturated carbocycles. The van der Waals surface area contributed by atoms with Gasteiger partial charge in [0.2, 0.25) is 0 Å². The van der Waals surface area contributed by atoms with Crippen LogP contribution in [0.15, 0.2) is 23.8 Å². The van der Waals surface area contributed by atoms with Gasteiger partial charge < -0.3 is 15.1 Å². The molecule has 0 spiro atoms. The molecule has 3 heteroatoms. The van der Waals surface area contributed by atoms with Crippen LogP contribution < -0.4 is 0 Å². The predicted octanol–water partition coefficient (Wildman–Crippen LogP) is 4.55. The van der Waals surface area contributed by atoms with Crippen LogP contribution in [0.5, 0.6) is 0 Å². The average molecular weight is 364 g/mol. The van der Waals surface area contributed by atoms with Crippen LogP contribution in [0.1, 0.15) is 71.1 Å². The minimum atomic E-state index is -0.349. The Hall–Kier alpha value is -0.640. The van der Waals surface area contributed by atoms with Crippen molar-refractivity contribution >= 4 is 0 Å². The molecule has 0 saturated heterocycles. The van der Waals surface area contributed by atoms with Crippen LogP contribution in [-0.4, -0.2) is 48.0 Å². The number of hydrogen-bond acceptors (Lipinski definition) is 3. The van der Waals surface area contributed by atoms with Gasteiger partial charge in [0.25, 0.3) is 0 Å². The molecule has 0 aromatic carbocycles. The van der Waals surface area contributed by atoms with Crippen molar-refractivity contribution in [3.8, 4) is 0 Å². The monoisotopic (exact) mass is 363 g/mol. The molecule has 0 unspecified atom stereocenters. The second kappa shape index (κ2) is 11.3. The second-order valence-corrected chi connectivity index (χ2v) is 8.80. The molecule has 0 amide bonds. The number of fused-ring (bicyclic) bond motifs is 1. The van der Waals surface area contributed by atoms with E-state index in [1.165, 1.54) is 45.1 Å². The number of nitrogens with zero attached hydrogens (tertiary/aromatic N) is 1. The zero-order valence-electron chi connectivity index (χ0n) is 17.2. The van der Waals surface area contributed by atoms with Gasteiger partial charge in [0.15, 0.2) is 0 Å². The fourth-order valence-corrected chi connectivity index (χ4v) is 4.70. The zero-order valence-corrected chi connectivity index (χ0v) is 17.2. The van der Waals surface area contributed by atoms with E-state index >= 15 is 0 Å². The number of allylic oxidation sites excluding steroid dienone is 2. The molecule has 2 N–H and O–H groups in total. The van der Waals surface area contributed by atoms with Gasteiger partial charge in [-0.15, -0.1) is 0 Å². The summed E-state index contributed by atoms with van der Waals surface area (Å²) in [7, 11) is 4.28. The van der Waals surface area contributed by atoms with E-state index in [9.17, 15) is 10.2 Å². The fourth-order valence-electron chi connectivity index (χ4n) is 4.70. The Kier molecular flexibility index (Phi) is 9.38. The molecule has 0 aromatic heterocycles. The smallest absolute Gasteiger partial charge is 0.0721 e. The third kappa shape index (κ3) is 6.83. The summed E-state index contributed by atoms with van der Waals surface area (Å²) in [4.78, 5) is 2.26. The van der Waals surface area contributed by atoms with Gasteiger partial charge in [0, 0.05) is 5.92 Å². The first-order chi connectivity index (χ1) is 12.5. The number of aliphatic hydroxyl groups is 2. The zero-order chi connectivity index (χ0) is 18.9. The average Bonchev–Trinajstić information content (AvgIpc) is 3.09. The lowest BCUT2D eigenvalue weighted by atomic mass is 9.88. The molecular weight excluding hydrogens is 322 g/mol. The highest BCUT2D eigenvalue weighted by molar-refractivity contribution is 5.20. The third-order valence-electron chi connectivity index (χ3n) is 6.21. The Labute approximate surface area is 161 Å². The van der Waals surface area contributed by atoms with Gasteiger partial charge in [-0.1, -0.05) is 56.4 Å². The highest BCUT2D eigenvalue weighted by atomic mass is 16.3. The maximum absolute atomic E-state index is 10.4. The highest BCUT2D eigenvalue weighted by Gasteiger charge is 2.43. The van der Waals surface area contributed by atoms with E-state index in [2.05, 4.69) is 38.1 Å². The molecule has 0 radical (unpaired) electrons. The van der Waals surface area contributed by atoms with Gasteiger partial charge in [-0.25, -0.2) is 0 Å². The first kappa shape index (κ1) is 21.7. The van der Waals surface area contributed by atoms with Gasteiger partial charge in [0.05, 0.1) is 12.2 Å². The maximum atomic E-state index is 10.4. The first-order valence-corrected chi connectivity index (χ1v) is 10.9. The predicted molar refractivity (Wildman–Crippen MR) is 110 cm³/mol. The molecule has 1 fully saturated rings. The van der Waals surface area contributed by atoms with E-state index in [-0.39, 0.29) is 18.1 Å². The SMILES string of the molecule is CCCCC[C@@H](O)/C=C/[C@@H]1[C@H]2CC(CCCCCN(C)C)=C[C@H]2C[C@H]1O. The maximum Gasteiger partial charge on any atom is 0.0721 e. The summed E-state index contributed by atoms with van der Waals surface area (Å²) in [5, 5.41) is 20.6. The van der Waals surface area contributed by atoms with E-state index in [1.807, 2.05) is 6.08 Å². The van der Waals surface area contributed by atoms with Gasteiger partial charge in [-0.05, 0) is 71.0 Å². The molecule has 2 aliphatic carbocycles. The van der Waals surface area contributed by atoms with Crippen molar-refractivity contribution < 1.29 is 10.2 Å². The number of unbranched alkanes of at least 4 members (excludes halogenated alkanes) is 4. The first-order valence-electron chi connectivity index (χ1n) is 10.9. The summed E-state index contributed by atoms with van der Waals surface area (Å²) in [5.41, 5.74) is 1.61. The Bertz CT molecular complexity index is 457. The number of rotatable bonds is 12. The van der Waals surface area contributed by atoms with Gasteiger partial charge in [-0.3, -0.25) is 0 Å². The molecule has 150 valence electrons. The van der Waals surface area contributed by atoms with E-state index in [0.717, 1.165) is 25.7 Å². The molecule has 26 heavy (non-hydrogen) atoms.